The zero-order valence-electron chi connectivity index (χ0n) is 17.2. The molecule has 32 heavy (non-hydrogen) atoms. The summed E-state index contributed by atoms with van der Waals surface area (Å²) in [6.45, 7) is -1.06. The Morgan fingerprint density at radius 1 is 0.969 bits per heavy atom. The van der Waals surface area contributed by atoms with Crippen molar-refractivity contribution in [2.75, 3.05) is 13.2 Å². The van der Waals surface area contributed by atoms with Crippen molar-refractivity contribution >= 4 is 22.7 Å². The van der Waals surface area contributed by atoms with Crippen LogP contribution in [0.1, 0.15) is 17.4 Å². The molecule has 0 saturated carbocycles. The molecule has 168 valence electrons. The molecule has 0 radical (unpaired) electrons. The zero-order valence-corrected chi connectivity index (χ0v) is 17.2. The van der Waals surface area contributed by atoms with Gasteiger partial charge in [0.2, 0.25) is 0 Å². The Morgan fingerprint density at radius 2 is 1.72 bits per heavy atom. The number of rotatable bonds is 6. The summed E-state index contributed by atoms with van der Waals surface area (Å²) < 4.78 is 11.2. The molecule has 8 nitrogen and oxygen atoms in total. The van der Waals surface area contributed by atoms with E-state index in [-0.39, 0.29) is 5.75 Å². The number of aromatic hydroxyl groups is 1. The molecule has 5 N–H and O–H groups in total. The molecule has 3 aromatic rings. The van der Waals surface area contributed by atoms with E-state index < -0.39 is 43.9 Å². The minimum absolute atomic E-state index is 0.134. The lowest BCUT2D eigenvalue weighted by atomic mass is 10.0. The predicted molar refractivity (Wildman–Crippen MR) is 118 cm³/mol. The van der Waals surface area contributed by atoms with E-state index in [0.29, 0.717) is 16.8 Å². The fourth-order valence-electron chi connectivity index (χ4n) is 3.71. The molecule has 0 spiro atoms. The van der Waals surface area contributed by atoms with Crippen LogP contribution in [0, 0.1) is 0 Å². The number of phenolic OH excluding ortho intramolecular Hbond substituents is 1. The monoisotopic (exact) mass is 439 g/mol. The van der Waals surface area contributed by atoms with Crippen LogP contribution in [-0.2, 0) is 9.47 Å². The van der Waals surface area contributed by atoms with E-state index >= 15 is 0 Å². The summed E-state index contributed by atoms with van der Waals surface area (Å²) in [5.41, 5.74) is 1.84. The molecule has 5 atom stereocenters. The van der Waals surface area contributed by atoms with Gasteiger partial charge in [-0.1, -0.05) is 42.5 Å². The fourth-order valence-corrected chi connectivity index (χ4v) is 3.71. The quantitative estimate of drug-likeness (QED) is 0.370. The van der Waals surface area contributed by atoms with Gasteiger partial charge in [-0.15, -0.1) is 0 Å². The van der Waals surface area contributed by atoms with Gasteiger partial charge in [-0.05, 0) is 29.0 Å². The van der Waals surface area contributed by atoms with E-state index in [2.05, 4.69) is 4.99 Å². The molecule has 1 fully saturated rings. The molecule has 0 amide bonds. The Balaban J connectivity index is 1.54. The number of aliphatic imine (C=N–C) groups is 1. The maximum absolute atomic E-state index is 10.3. The fraction of sp³-hybridized carbons (Fsp3) is 0.292. The SMILES string of the molecule is OC[C@@H](O)[C@H]1OC(c2ccc(N=Cc3c(O)ccc4ccccc34)cc2)O[C@@H](CO)[C@H]1O. The highest BCUT2D eigenvalue weighted by atomic mass is 16.7. The van der Waals surface area contributed by atoms with Gasteiger partial charge in [-0.2, -0.15) is 0 Å². The Hall–Kier alpha value is -2.85. The standard InChI is InChI=1S/C24H25NO7/c26-12-20(29)23-22(30)21(13-27)31-24(32-23)15-5-8-16(9-6-15)25-11-18-17-4-2-1-3-14(17)7-10-19(18)28/h1-11,20-24,26-30H,12-13H2/t20-,21+,22-,23-,24?/m1/s1. The van der Waals surface area contributed by atoms with Gasteiger partial charge in [0, 0.05) is 17.3 Å². The summed E-state index contributed by atoms with van der Waals surface area (Å²) in [6, 6.07) is 18.1. The third kappa shape index (κ3) is 4.51. The van der Waals surface area contributed by atoms with Crippen molar-refractivity contribution in [1.29, 1.82) is 0 Å². The van der Waals surface area contributed by atoms with Crippen molar-refractivity contribution in [1.82, 2.24) is 0 Å². The molecular formula is C24H25NO7. The molecule has 1 heterocycles. The number of ether oxygens (including phenoxy) is 2. The van der Waals surface area contributed by atoms with Crippen molar-refractivity contribution < 1.29 is 35.0 Å². The van der Waals surface area contributed by atoms with Crippen LogP contribution in [0.3, 0.4) is 0 Å². The maximum atomic E-state index is 10.3. The molecule has 1 saturated heterocycles. The average Bonchev–Trinajstić information content (AvgIpc) is 2.83. The molecule has 0 bridgehead atoms. The van der Waals surface area contributed by atoms with E-state index in [1.165, 1.54) is 0 Å². The highest BCUT2D eigenvalue weighted by molar-refractivity contribution is 6.02. The summed E-state index contributed by atoms with van der Waals surface area (Å²) >= 11 is 0. The Kier molecular flexibility index (Phi) is 6.80. The summed E-state index contributed by atoms with van der Waals surface area (Å²) in [6.07, 6.45) is -4.01. The topological polar surface area (TPSA) is 132 Å². The summed E-state index contributed by atoms with van der Waals surface area (Å²) in [4.78, 5) is 4.45. The minimum Gasteiger partial charge on any atom is -0.507 e. The molecule has 1 unspecified atom stereocenters. The lowest BCUT2D eigenvalue weighted by molar-refractivity contribution is -0.310. The van der Waals surface area contributed by atoms with Crippen molar-refractivity contribution in [3.8, 4) is 5.75 Å². The second kappa shape index (κ2) is 9.74. The van der Waals surface area contributed by atoms with Crippen molar-refractivity contribution in [3.63, 3.8) is 0 Å². The Labute approximate surface area is 184 Å². The smallest absolute Gasteiger partial charge is 0.184 e. The third-order valence-corrected chi connectivity index (χ3v) is 5.50. The minimum atomic E-state index is -1.32. The van der Waals surface area contributed by atoms with Gasteiger partial charge >= 0.3 is 0 Å². The van der Waals surface area contributed by atoms with Crippen LogP contribution in [-0.4, -0.2) is 69.4 Å². The number of hydrogen-bond acceptors (Lipinski definition) is 8. The molecule has 1 aliphatic heterocycles. The number of benzene rings is 3. The number of fused-ring (bicyclic) bond motifs is 1. The first-order valence-corrected chi connectivity index (χ1v) is 10.3. The van der Waals surface area contributed by atoms with Gasteiger partial charge in [0.15, 0.2) is 6.29 Å². The molecule has 1 aliphatic rings. The van der Waals surface area contributed by atoms with Crippen molar-refractivity contribution in [3.05, 3.63) is 71.8 Å². The van der Waals surface area contributed by atoms with Gasteiger partial charge in [-0.3, -0.25) is 4.99 Å². The van der Waals surface area contributed by atoms with E-state index in [1.807, 2.05) is 30.3 Å². The molecule has 4 rings (SSSR count). The van der Waals surface area contributed by atoms with Gasteiger partial charge in [0.1, 0.15) is 30.2 Å². The first kappa shape index (κ1) is 22.3. The third-order valence-electron chi connectivity index (χ3n) is 5.50. The predicted octanol–water partition coefficient (Wildman–Crippen LogP) is 1.78. The zero-order chi connectivity index (χ0) is 22.7. The van der Waals surface area contributed by atoms with Crippen LogP contribution < -0.4 is 0 Å². The molecule has 0 aromatic heterocycles. The average molecular weight is 439 g/mol. The molecule has 3 aromatic carbocycles. The van der Waals surface area contributed by atoms with E-state index in [4.69, 9.17) is 9.47 Å². The second-order valence-electron chi connectivity index (χ2n) is 7.60. The number of hydrogen-bond donors (Lipinski definition) is 5. The normalized spacial score (nSPS) is 24.8. The summed E-state index contributed by atoms with van der Waals surface area (Å²) in [5, 5.41) is 51.0. The van der Waals surface area contributed by atoms with E-state index in [9.17, 15) is 25.5 Å². The lowest BCUT2D eigenvalue weighted by Crippen LogP contribution is -2.54. The summed E-state index contributed by atoms with van der Waals surface area (Å²) in [5.74, 6) is 0.134. The Morgan fingerprint density at radius 3 is 2.44 bits per heavy atom. The van der Waals surface area contributed by atoms with Gasteiger partial charge in [-0.25, -0.2) is 0 Å². The Bertz CT molecular complexity index is 1090. The lowest BCUT2D eigenvalue weighted by Gasteiger charge is -2.40. The first-order valence-electron chi connectivity index (χ1n) is 10.3. The highest BCUT2D eigenvalue weighted by Crippen LogP contribution is 2.32. The van der Waals surface area contributed by atoms with Crippen molar-refractivity contribution in [2.24, 2.45) is 4.99 Å². The van der Waals surface area contributed by atoms with Gasteiger partial charge in [0.25, 0.3) is 0 Å². The summed E-state index contributed by atoms with van der Waals surface area (Å²) in [7, 11) is 0. The maximum Gasteiger partial charge on any atom is 0.184 e. The highest BCUT2D eigenvalue weighted by Gasteiger charge is 2.42. The van der Waals surface area contributed by atoms with Gasteiger partial charge in [0.05, 0.1) is 18.9 Å². The molecular weight excluding hydrogens is 414 g/mol. The number of phenols is 1. The van der Waals surface area contributed by atoms with Crippen LogP contribution in [0.2, 0.25) is 0 Å². The van der Waals surface area contributed by atoms with Crippen molar-refractivity contribution in [2.45, 2.75) is 30.7 Å². The van der Waals surface area contributed by atoms with E-state index in [0.717, 1.165) is 10.8 Å². The number of aliphatic hydroxyl groups is 4. The van der Waals surface area contributed by atoms with Crippen LogP contribution in [0.25, 0.3) is 10.8 Å². The van der Waals surface area contributed by atoms with Crippen LogP contribution in [0.4, 0.5) is 5.69 Å². The van der Waals surface area contributed by atoms with E-state index in [1.54, 1.807) is 36.5 Å². The van der Waals surface area contributed by atoms with Crippen LogP contribution in [0.15, 0.2) is 65.7 Å². The number of aliphatic hydroxyl groups excluding tert-OH is 4. The van der Waals surface area contributed by atoms with Crippen LogP contribution in [0.5, 0.6) is 5.75 Å². The van der Waals surface area contributed by atoms with Gasteiger partial charge < -0.3 is 35.0 Å². The first-order chi connectivity index (χ1) is 15.5. The molecule has 8 heteroatoms. The number of nitrogens with zero attached hydrogens (tertiary/aromatic N) is 1. The molecule has 0 aliphatic carbocycles. The second-order valence-corrected chi connectivity index (χ2v) is 7.60. The largest absolute Gasteiger partial charge is 0.507 e. The van der Waals surface area contributed by atoms with Crippen LogP contribution >= 0.6 is 0 Å².